The predicted molar refractivity (Wildman–Crippen MR) is 112 cm³/mol. The van der Waals surface area contributed by atoms with Crippen LogP contribution in [0.25, 0.3) is 11.0 Å². The van der Waals surface area contributed by atoms with Crippen molar-refractivity contribution in [2.75, 3.05) is 25.0 Å². The highest BCUT2D eigenvalue weighted by molar-refractivity contribution is 5.91. The molecule has 0 fully saturated rings. The second kappa shape index (κ2) is 9.34. The van der Waals surface area contributed by atoms with Crippen molar-refractivity contribution in [1.29, 1.82) is 0 Å². The fourth-order valence-corrected chi connectivity index (χ4v) is 3.37. The molecule has 0 bridgehead atoms. The zero-order valence-electron chi connectivity index (χ0n) is 17.3. The quantitative estimate of drug-likeness (QED) is 0.590. The highest BCUT2D eigenvalue weighted by Crippen LogP contribution is 2.26. The molecule has 0 aliphatic heterocycles. The number of aromatic nitrogens is 3. The maximum absolute atomic E-state index is 13.0. The Labute approximate surface area is 177 Å². The minimum atomic E-state index is -4.78. The number of hydrogen-bond acceptors (Lipinski definition) is 4. The van der Waals surface area contributed by atoms with Gasteiger partial charge in [-0.15, -0.1) is 0 Å². The van der Waals surface area contributed by atoms with Crippen LogP contribution in [0.3, 0.4) is 0 Å². The summed E-state index contributed by atoms with van der Waals surface area (Å²) in [6.45, 7) is 6.63. The maximum atomic E-state index is 13.0. The first kappa shape index (κ1) is 22.5. The Morgan fingerprint density at radius 2 is 1.84 bits per heavy atom. The van der Waals surface area contributed by atoms with Crippen LogP contribution in [0, 0.1) is 0 Å². The number of carbonyl (C=O) groups excluding carboxylic acids is 1. The number of alkyl halides is 3. The van der Waals surface area contributed by atoms with E-state index in [0.29, 0.717) is 24.1 Å². The molecule has 0 saturated heterocycles. The first-order valence-electron chi connectivity index (χ1n) is 9.98. The van der Waals surface area contributed by atoms with Crippen LogP contribution in [0.2, 0.25) is 0 Å². The third-order valence-corrected chi connectivity index (χ3v) is 5.08. The van der Waals surface area contributed by atoms with Gasteiger partial charge in [0.25, 0.3) is 5.56 Å². The molecule has 0 radical (unpaired) electrons. The van der Waals surface area contributed by atoms with E-state index in [4.69, 9.17) is 0 Å². The number of anilines is 1. The van der Waals surface area contributed by atoms with E-state index in [9.17, 15) is 22.8 Å². The van der Waals surface area contributed by atoms with E-state index in [2.05, 4.69) is 29.0 Å². The first-order chi connectivity index (χ1) is 14.7. The molecule has 3 rings (SSSR count). The number of amides is 1. The van der Waals surface area contributed by atoms with Gasteiger partial charge in [-0.25, -0.2) is 4.98 Å². The summed E-state index contributed by atoms with van der Waals surface area (Å²) in [5, 5.41) is 2.65. The molecule has 0 saturated carbocycles. The predicted octanol–water partition coefficient (Wildman–Crippen LogP) is 3.20. The maximum Gasteiger partial charge on any atom is 0.421 e. The molecule has 1 aromatic carbocycles. The van der Waals surface area contributed by atoms with Crippen LogP contribution in [0.1, 0.15) is 19.4 Å². The van der Waals surface area contributed by atoms with Gasteiger partial charge in [-0.1, -0.05) is 26.0 Å². The van der Waals surface area contributed by atoms with Crippen LogP contribution in [-0.2, 0) is 24.1 Å². The molecule has 0 spiro atoms. The second-order valence-electron chi connectivity index (χ2n) is 7.00. The molecule has 0 aliphatic carbocycles. The fourth-order valence-electron chi connectivity index (χ4n) is 3.37. The molecule has 1 N–H and O–H groups in total. The van der Waals surface area contributed by atoms with Crippen LogP contribution >= 0.6 is 0 Å². The normalized spacial score (nSPS) is 11.9. The summed E-state index contributed by atoms with van der Waals surface area (Å²) in [5.41, 5.74) is -1.05. The third kappa shape index (κ3) is 5.13. The summed E-state index contributed by atoms with van der Waals surface area (Å²) in [6, 6.07) is 9.19. The number of pyridine rings is 1. The molecule has 166 valence electrons. The molecule has 10 heteroatoms. The molecule has 7 nitrogen and oxygen atoms in total. The lowest BCUT2D eigenvalue weighted by molar-refractivity contribution is -0.139. The minimum absolute atomic E-state index is 0.290. The highest BCUT2D eigenvalue weighted by Gasteiger charge is 2.34. The van der Waals surface area contributed by atoms with Crippen molar-refractivity contribution in [2.24, 2.45) is 0 Å². The number of likely N-dealkylation sites (N-methyl/N-ethyl adjacent to an activating group) is 1. The number of benzene rings is 1. The number of para-hydroxylation sites is 2. The Hall–Kier alpha value is -3.14. The van der Waals surface area contributed by atoms with Gasteiger partial charge in [-0.2, -0.15) is 13.2 Å². The zero-order chi connectivity index (χ0) is 22.6. The summed E-state index contributed by atoms with van der Waals surface area (Å²) >= 11 is 0. The zero-order valence-corrected chi connectivity index (χ0v) is 17.3. The van der Waals surface area contributed by atoms with Crippen LogP contribution in [0.5, 0.6) is 0 Å². The number of halogens is 3. The SMILES string of the molecule is CCN(CC)CCn1c(NC(=O)Cn2cccc(C(F)(F)F)c2=O)nc2ccccc21. The van der Waals surface area contributed by atoms with Gasteiger partial charge in [0.2, 0.25) is 11.9 Å². The van der Waals surface area contributed by atoms with E-state index >= 15 is 0 Å². The van der Waals surface area contributed by atoms with Gasteiger partial charge >= 0.3 is 6.18 Å². The van der Waals surface area contributed by atoms with Crippen molar-refractivity contribution in [3.8, 4) is 0 Å². The average Bonchev–Trinajstić information content (AvgIpc) is 3.06. The van der Waals surface area contributed by atoms with E-state index in [0.717, 1.165) is 42.0 Å². The third-order valence-electron chi connectivity index (χ3n) is 5.08. The topological polar surface area (TPSA) is 72.2 Å². The van der Waals surface area contributed by atoms with E-state index in [1.54, 1.807) is 0 Å². The Balaban J connectivity index is 1.84. The summed E-state index contributed by atoms with van der Waals surface area (Å²) in [4.78, 5) is 31.3. The van der Waals surface area contributed by atoms with Gasteiger partial charge in [0, 0.05) is 19.3 Å². The second-order valence-corrected chi connectivity index (χ2v) is 7.00. The van der Waals surface area contributed by atoms with Crippen LogP contribution in [-0.4, -0.2) is 44.6 Å². The van der Waals surface area contributed by atoms with Crippen LogP contribution in [0.4, 0.5) is 19.1 Å². The number of carbonyl (C=O) groups is 1. The molecule has 2 aromatic heterocycles. The van der Waals surface area contributed by atoms with Crippen molar-refractivity contribution in [3.05, 3.63) is 58.5 Å². The molecular formula is C21H24F3N5O2. The number of nitrogens with one attached hydrogen (secondary N) is 1. The van der Waals surface area contributed by atoms with Crippen LogP contribution in [0.15, 0.2) is 47.4 Å². The van der Waals surface area contributed by atoms with E-state index in [1.807, 2.05) is 28.8 Å². The highest BCUT2D eigenvalue weighted by atomic mass is 19.4. The Bertz CT molecular complexity index is 1120. The number of hydrogen-bond donors (Lipinski definition) is 1. The molecule has 3 aromatic rings. The molecule has 0 atom stereocenters. The lowest BCUT2D eigenvalue weighted by Crippen LogP contribution is -2.32. The van der Waals surface area contributed by atoms with Gasteiger partial charge in [0.05, 0.1) is 11.0 Å². The molecule has 1 amide bonds. The fraction of sp³-hybridized carbons (Fsp3) is 0.381. The average molecular weight is 435 g/mol. The summed E-state index contributed by atoms with van der Waals surface area (Å²) in [7, 11) is 0. The number of imidazole rings is 1. The monoisotopic (exact) mass is 435 g/mol. The molecule has 31 heavy (non-hydrogen) atoms. The summed E-state index contributed by atoms with van der Waals surface area (Å²) in [5.74, 6) is -0.348. The Morgan fingerprint density at radius 3 is 2.52 bits per heavy atom. The summed E-state index contributed by atoms with van der Waals surface area (Å²) in [6.07, 6.45) is -3.63. The van der Waals surface area contributed by atoms with Gasteiger partial charge in [-0.05, 0) is 37.4 Å². The lowest BCUT2D eigenvalue weighted by atomic mass is 10.2. The molecule has 2 heterocycles. The van der Waals surface area contributed by atoms with Crippen molar-refractivity contribution >= 4 is 22.9 Å². The van der Waals surface area contributed by atoms with Crippen molar-refractivity contribution in [2.45, 2.75) is 33.1 Å². The van der Waals surface area contributed by atoms with E-state index in [-0.39, 0.29) is 0 Å². The number of nitrogens with zero attached hydrogens (tertiary/aromatic N) is 4. The molecule has 0 unspecified atom stereocenters. The molecule has 0 aliphatic rings. The Morgan fingerprint density at radius 1 is 1.13 bits per heavy atom. The van der Waals surface area contributed by atoms with E-state index < -0.39 is 29.8 Å². The van der Waals surface area contributed by atoms with Gasteiger partial charge in [0.15, 0.2) is 0 Å². The van der Waals surface area contributed by atoms with Crippen LogP contribution < -0.4 is 10.9 Å². The smallest absolute Gasteiger partial charge is 0.309 e. The van der Waals surface area contributed by atoms with Gasteiger partial charge in [0.1, 0.15) is 12.1 Å². The van der Waals surface area contributed by atoms with E-state index in [1.165, 1.54) is 0 Å². The van der Waals surface area contributed by atoms with Gasteiger partial charge in [-0.3, -0.25) is 14.9 Å². The first-order valence-corrected chi connectivity index (χ1v) is 9.98. The summed E-state index contributed by atoms with van der Waals surface area (Å²) < 4.78 is 41.5. The number of rotatable bonds is 8. The number of fused-ring (bicyclic) bond motifs is 1. The largest absolute Gasteiger partial charge is 0.421 e. The molecular weight excluding hydrogens is 411 g/mol. The minimum Gasteiger partial charge on any atom is -0.309 e. The lowest BCUT2D eigenvalue weighted by Gasteiger charge is -2.19. The van der Waals surface area contributed by atoms with Gasteiger partial charge < -0.3 is 14.0 Å². The standard InChI is InChI=1S/C21H24F3N5O2/c1-3-27(4-2)12-13-29-17-10-6-5-9-16(17)25-20(29)26-18(30)14-28-11-7-8-15(19(28)31)21(22,23)24/h5-11H,3-4,12-14H2,1-2H3,(H,25,26,30). The van der Waals surface area contributed by atoms with Crippen molar-refractivity contribution < 1.29 is 18.0 Å². The Kier molecular flexibility index (Phi) is 6.79. The van der Waals surface area contributed by atoms with Crippen molar-refractivity contribution in [3.63, 3.8) is 0 Å². The van der Waals surface area contributed by atoms with Crippen molar-refractivity contribution in [1.82, 2.24) is 19.0 Å².